The second-order valence-electron chi connectivity index (χ2n) is 8.40. The van der Waals surface area contributed by atoms with Crippen LogP contribution in [0.25, 0.3) is 0 Å². The molecule has 0 unspecified atom stereocenters. The minimum absolute atomic E-state index is 0.102. The zero-order chi connectivity index (χ0) is 20.3. The average Bonchev–Trinajstić information content (AvgIpc) is 2.71. The van der Waals surface area contributed by atoms with E-state index in [1.54, 1.807) is 0 Å². The van der Waals surface area contributed by atoms with Gasteiger partial charge in [0.1, 0.15) is 0 Å². The molecule has 0 aliphatic carbocycles. The molecule has 1 aromatic rings. The largest absolute Gasteiger partial charge is 0.350 e. The molecule has 0 spiro atoms. The standard InChI is InChI=1S/C26H45NO/c1-3-4-5-6-7-8-9-10-11-12-13-14-15-16-20-23-26(28)27-24(2)25-21-18-17-19-22-25/h17-19,21-22,24H,3-16,20,23H2,1-2H3,(H,27,28)/t24-/m0/s1. The lowest BCUT2D eigenvalue weighted by atomic mass is 10.0. The monoisotopic (exact) mass is 387 g/mol. The van der Waals surface area contributed by atoms with E-state index in [4.69, 9.17) is 0 Å². The van der Waals surface area contributed by atoms with E-state index in [1.165, 1.54) is 95.5 Å². The van der Waals surface area contributed by atoms with Crippen molar-refractivity contribution in [3.05, 3.63) is 35.9 Å². The molecule has 1 rings (SSSR count). The van der Waals surface area contributed by atoms with Crippen LogP contribution in [-0.4, -0.2) is 5.91 Å². The van der Waals surface area contributed by atoms with Crippen LogP contribution in [0.5, 0.6) is 0 Å². The van der Waals surface area contributed by atoms with Crippen LogP contribution < -0.4 is 5.32 Å². The van der Waals surface area contributed by atoms with E-state index >= 15 is 0 Å². The summed E-state index contributed by atoms with van der Waals surface area (Å²) in [5.74, 6) is 0.186. The van der Waals surface area contributed by atoms with Crippen molar-refractivity contribution >= 4 is 5.91 Å². The highest BCUT2D eigenvalue weighted by Gasteiger charge is 2.08. The van der Waals surface area contributed by atoms with Crippen LogP contribution in [-0.2, 0) is 4.79 Å². The van der Waals surface area contributed by atoms with Crippen molar-refractivity contribution in [1.82, 2.24) is 5.32 Å². The predicted octanol–water partition coefficient (Wildman–Crippen LogP) is 8.13. The Hall–Kier alpha value is -1.31. The minimum Gasteiger partial charge on any atom is -0.350 e. The molecule has 1 amide bonds. The smallest absolute Gasteiger partial charge is 0.220 e. The maximum atomic E-state index is 12.0. The van der Waals surface area contributed by atoms with Crippen LogP contribution in [0.15, 0.2) is 30.3 Å². The van der Waals surface area contributed by atoms with Crippen molar-refractivity contribution in [1.29, 1.82) is 0 Å². The summed E-state index contributed by atoms with van der Waals surface area (Å²) in [6, 6.07) is 10.3. The third-order valence-corrected chi connectivity index (χ3v) is 5.68. The summed E-state index contributed by atoms with van der Waals surface area (Å²) in [7, 11) is 0. The van der Waals surface area contributed by atoms with Gasteiger partial charge >= 0.3 is 0 Å². The first-order chi connectivity index (χ1) is 13.7. The minimum atomic E-state index is 0.102. The first-order valence-corrected chi connectivity index (χ1v) is 12.1. The fourth-order valence-corrected chi connectivity index (χ4v) is 3.80. The first-order valence-electron chi connectivity index (χ1n) is 12.1. The van der Waals surface area contributed by atoms with Gasteiger partial charge in [0.25, 0.3) is 0 Å². The molecule has 0 radical (unpaired) electrons. The van der Waals surface area contributed by atoms with E-state index in [2.05, 4.69) is 31.3 Å². The van der Waals surface area contributed by atoms with E-state index < -0.39 is 0 Å². The predicted molar refractivity (Wildman–Crippen MR) is 123 cm³/mol. The van der Waals surface area contributed by atoms with Gasteiger partial charge in [0.15, 0.2) is 0 Å². The van der Waals surface area contributed by atoms with Gasteiger partial charge in [0.2, 0.25) is 5.91 Å². The molecule has 0 aliphatic heterocycles. The molecule has 0 aliphatic rings. The molecule has 28 heavy (non-hydrogen) atoms. The number of nitrogens with one attached hydrogen (secondary N) is 1. The van der Waals surface area contributed by atoms with Gasteiger partial charge in [0, 0.05) is 6.42 Å². The van der Waals surface area contributed by atoms with E-state index in [9.17, 15) is 4.79 Å². The van der Waals surface area contributed by atoms with Crippen molar-refractivity contribution in [2.45, 2.75) is 123 Å². The Balaban J connectivity index is 1.83. The molecule has 1 aromatic carbocycles. The van der Waals surface area contributed by atoms with Gasteiger partial charge in [-0.2, -0.15) is 0 Å². The second-order valence-corrected chi connectivity index (χ2v) is 8.40. The highest BCUT2D eigenvalue weighted by Crippen LogP contribution is 2.14. The Bertz CT molecular complexity index is 471. The fourth-order valence-electron chi connectivity index (χ4n) is 3.80. The van der Waals surface area contributed by atoms with Crippen molar-refractivity contribution < 1.29 is 4.79 Å². The van der Waals surface area contributed by atoms with Gasteiger partial charge in [-0.3, -0.25) is 4.79 Å². The van der Waals surface area contributed by atoms with Gasteiger partial charge in [-0.05, 0) is 18.9 Å². The number of carbonyl (C=O) groups excluding carboxylic acids is 1. The number of unbranched alkanes of at least 4 members (excludes halogenated alkanes) is 14. The third kappa shape index (κ3) is 13.8. The van der Waals surface area contributed by atoms with E-state index in [-0.39, 0.29) is 11.9 Å². The van der Waals surface area contributed by atoms with Gasteiger partial charge in [-0.1, -0.05) is 127 Å². The number of amides is 1. The third-order valence-electron chi connectivity index (χ3n) is 5.68. The topological polar surface area (TPSA) is 29.1 Å². The Kier molecular flexibility index (Phi) is 15.7. The SMILES string of the molecule is CCCCCCCCCCCCCCCCCC(=O)N[C@@H](C)c1ccccc1. The Morgan fingerprint density at radius 1 is 0.714 bits per heavy atom. The molecule has 1 atom stereocenters. The Morgan fingerprint density at radius 2 is 1.14 bits per heavy atom. The summed E-state index contributed by atoms with van der Waals surface area (Å²) in [6.07, 6.45) is 21.0. The van der Waals surface area contributed by atoms with Crippen molar-refractivity contribution in [3.8, 4) is 0 Å². The van der Waals surface area contributed by atoms with Crippen LogP contribution >= 0.6 is 0 Å². The molecule has 0 saturated carbocycles. The quantitative estimate of drug-likeness (QED) is 0.253. The summed E-state index contributed by atoms with van der Waals surface area (Å²) in [4.78, 5) is 12.0. The van der Waals surface area contributed by atoms with Crippen LogP contribution in [0.2, 0.25) is 0 Å². The van der Waals surface area contributed by atoms with Gasteiger partial charge < -0.3 is 5.32 Å². The molecule has 0 fully saturated rings. The van der Waals surface area contributed by atoms with Crippen molar-refractivity contribution in [2.75, 3.05) is 0 Å². The molecule has 0 bridgehead atoms. The summed E-state index contributed by atoms with van der Waals surface area (Å²) < 4.78 is 0. The highest BCUT2D eigenvalue weighted by molar-refractivity contribution is 5.76. The summed E-state index contributed by atoms with van der Waals surface area (Å²) in [5.41, 5.74) is 1.17. The average molecular weight is 388 g/mol. The number of hydrogen-bond donors (Lipinski definition) is 1. The van der Waals surface area contributed by atoms with Crippen LogP contribution in [0, 0.1) is 0 Å². The lowest BCUT2D eigenvalue weighted by molar-refractivity contribution is -0.121. The van der Waals surface area contributed by atoms with E-state index in [1.807, 2.05) is 18.2 Å². The normalized spacial score (nSPS) is 12.1. The van der Waals surface area contributed by atoms with Crippen molar-refractivity contribution in [2.24, 2.45) is 0 Å². The Labute approximate surface area is 174 Å². The zero-order valence-corrected chi connectivity index (χ0v) is 18.7. The van der Waals surface area contributed by atoms with Crippen molar-refractivity contribution in [3.63, 3.8) is 0 Å². The molecule has 2 nitrogen and oxygen atoms in total. The molecule has 0 heterocycles. The summed E-state index contributed by atoms with van der Waals surface area (Å²) in [5, 5.41) is 3.11. The molecule has 0 aromatic heterocycles. The molecular formula is C26H45NO. The fraction of sp³-hybridized carbons (Fsp3) is 0.731. The molecule has 160 valence electrons. The summed E-state index contributed by atoms with van der Waals surface area (Å²) in [6.45, 7) is 4.34. The number of hydrogen-bond acceptors (Lipinski definition) is 1. The van der Waals surface area contributed by atoms with Crippen LogP contribution in [0.3, 0.4) is 0 Å². The molecule has 2 heteroatoms. The first kappa shape index (κ1) is 24.7. The number of rotatable bonds is 18. The molecule has 1 N–H and O–H groups in total. The van der Waals surface area contributed by atoms with Gasteiger partial charge in [-0.15, -0.1) is 0 Å². The zero-order valence-electron chi connectivity index (χ0n) is 18.7. The molecule has 0 saturated heterocycles. The highest BCUT2D eigenvalue weighted by atomic mass is 16.1. The van der Waals surface area contributed by atoms with Gasteiger partial charge in [0.05, 0.1) is 6.04 Å². The lowest BCUT2D eigenvalue weighted by Gasteiger charge is -2.14. The van der Waals surface area contributed by atoms with E-state index in [0.29, 0.717) is 6.42 Å². The number of benzene rings is 1. The van der Waals surface area contributed by atoms with Gasteiger partial charge in [-0.25, -0.2) is 0 Å². The molecular weight excluding hydrogens is 342 g/mol. The number of carbonyl (C=O) groups is 1. The Morgan fingerprint density at radius 3 is 1.61 bits per heavy atom. The maximum absolute atomic E-state index is 12.0. The lowest BCUT2D eigenvalue weighted by Crippen LogP contribution is -2.26. The van der Waals surface area contributed by atoms with Crippen LogP contribution in [0.1, 0.15) is 128 Å². The van der Waals surface area contributed by atoms with Crippen LogP contribution in [0.4, 0.5) is 0 Å². The van der Waals surface area contributed by atoms with E-state index in [0.717, 1.165) is 6.42 Å². The second kappa shape index (κ2) is 17.8. The maximum Gasteiger partial charge on any atom is 0.220 e. The summed E-state index contributed by atoms with van der Waals surface area (Å²) >= 11 is 0.